The molecule has 2 aromatic heterocycles. The van der Waals surface area contributed by atoms with E-state index in [1.54, 1.807) is 0 Å². The minimum absolute atomic E-state index is 1.03. The summed E-state index contributed by atoms with van der Waals surface area (Å²) in [6.07, 6.45) is 3.89. The van der Waals surface area contributed by atoms with Crippen molar-refractivity contribution in [2.24, 2.45) is 0 Å². The molecule has 2 heteroatoms. The summed E-state index contributed by atoms with van der Waals surface area (Å²) in [7, 11) is 0. The maximum absolute atomic E-state index is 4.64. The molecule has 0 unspecified atom stereocenters. The highest BCUT2D eigenvalue weighted by atomic mass is 14.7. The summed E-state index contributed by atoms with van der Waals surface area (Å²) >= 11 is 0. The third-order valence-electron chi connectivity index (χ3n) is 6.18. The molecule has 0 fully saturated rings. The van der Waals surface area contributed by atoms with Crippen molar-refractivity contribution < 1.29 is 0 Å². The number of rotatable bonds is 1. The molecule has 7 aromatic rings. The summed E-state index contributed by atoms with van der Waals surface area (Å²) in [6, 6.07) is 41.8. The van der Waals surface area contributed by atoms with E-state index in [-0.39, 0.29) is 0 Å². The molecule has 0 spiro atoms. The van der Waals surface area contributed by atoms with Gasteiger partial charge in [-0.25, -0.2) is 0 Å². The van der Waals surface area contributed by atoms with Crippen LogP contribution < -0.4 is 0 Å². The molecule has 160 valence electrons. The second kappa shape index (κ2) is 8.76. The molecular formula is C32H22N2. The van der Waals surface area contributed by atoms with E-state index in [0.29, 0.717) is 0 Å². The number of fused-ring (bicyclic) bond motifs is 6. The predicted octanol–water partition coefficient (Wildman–Crippen LogP) is 8.44. The molecule has 0 atom stereocenters. The normalized spacial score (nSPS) is 10.9. The first-order valence-corrected chi connectivity index (χ1v) is 11.4. The van der Waals surface area contributed by atoms with Gasteiger partial charge in [0.1, 0.15) is 0 Å². The standard InChI is InChI=1S/C17H11N.C15H11N/c1-4-8-15-12(5-1)9-10-16-14-7-3-2-6-13(14)11-18-17(15)16;1-2-6-12(7-3-1)15-10-13-8-4-5-9-14(13)11-16-15/h1-11H;1-11H. The van der Waals surface area contributed by atoms with Crippen LogP contribution in [-0.4, -0.2) is 9.97 Å². The van der Waals surface area contributed by atoms with Gasteiger partial charge in [0.25, 0.3) is 0 Å². The minimum atomic E-state index is 1.03. The lowest BCUT2D eigenvalue weighted by Crippen LogP contribution is -1.83. The molecule has 0 N–H and O–H groups in total. The van der Waals surface area contributed by atoms with Crippen LogP contribution in [0.4, 0.5) is 0 Å². The zero-order chi connectivity index (χ0) is 22.7. The van der Waals surface area contributed by atoms with Crippen LogP contribution in [0.5, 0.6) is 0 Å². The lowest BCUT2D eigenvalue weighted by molar-refractivity contribution is 1.36. The van der Waals surface area contributed by atoms with Crippen LogP contribution in [0, 0.1) is 0 Å². The first kappa shape index (κ1) is 20.1. The van der Waals surface area contributed by atoms with Crippen LogP contribution in [0.3, 0.4) is 0 Å². The van der Waals surface area contributed by atoms with Crippen LogP contribution in [-0.2, 0) is 0 Å². The zero-order valence-corrected chi connectivity index (χ0v) is 18.6. The first-order chi connectivity index (χ1) is 16.9. The molecule has 2 nitrogen and oxygen atoms in total. The number of hydrogen-bond acceptors (Lipinski definition) is 2. The molecule has 2 heterocycles. The van der Waals surface area contributed by atoms with E-state index < -0.39 is 0 Å². The Morgan fingerprint density at radius 3 is 1.82 bits per heavy atom. The Bertz CT molecular complexity index is 1680. The Labute approximate surface area is 198 Å². The molecule has 7 rings (SSSR count). The summed E-state index contributed by atoms with van der Waals surface area (Å²) < 4.78 is 0. The third kappa shape index (κ3) is 3.76. The van der Waals surface area contributed by atoms with Crippen molar-refractivity contribution in [3.8, 4) is 11.3 Å². The third-order valence-corrected chi connectivity index (χ3v) is 6.18. The maximum Gasteiger partial charge on any atom is 0.0786 e. The van der Waals surface area contributed by atoms with E-state index in [9.17, 15) is 0 Å². The van der Waals surface area contributed by atoms with Crippen molar-refractivity contribution in [2.75, 3.05) is 0 Å². The number of hydrogen-bond donors (Lipinski definition) is 0. The van der Waals surface area contributed by atoms with E-state index >= 15 is 0 Å². The minimum Gasteiger partial charge on any atom is -0.256 e. The van der Waals surface area contributed by atoms with Gasteiger partial charge in [-0.05, 0) is 22.2 Å². The highest BCUT2D eigenvalue weighted by molar-refractivity contribution is 6.14. The van der Waals surface area contributed by atoms with Gasteiger partial charge in [0.2, 0.25) is 0 Å². The summed E-state index contributed by atoms with van der Waals surface area (Å²) in [6.45, 7) is 0. The van der Waals surface area contributed by atoms with Gasteiger partial charge in [0, 0.05) is 39.5 Å². The fourth-order valence-electron chi connectivity index (χ4n) is 4.45. The average Bonchev–Trinajstić information content (AvgIpc) is 2.93. The second-order valence-electron chi connectivity index (χ2n) is 8.31. The molecule has 34 heavy (non-hydrogen) atoms. The predicted molar refractivity (Wildman–Crippen MR) is 144 cm³/mol. The van der Waals surface area contributed by atoms with Crippen molar-refractivity contribution in [3.05, 3.63) is 134 Å². The van der Waals surface area contributed by atoms with E-state index in [1.165, 1.54) is 37.7 Å². The highest BCUT2D eigenvalue weighted by Crippen LogP contribution is 2.29. The molecule has 0 aliphatic rings. The van der Waals surface area contributed by atoms with Gasteiger partial charge in [-0.15, -0.1) is 0 Å². The number of nitrogens with zero attached hydrogens (tertiary/aromatic N) is 2. The Kier molecular flexibility index (Phi) is 5.17. The Morgan fingerprint density at radius 1 is 0.382 bits per heavy atom. The molecule has 5 aromatic carbocycles. The molecule has 0 bridgehead atoms. The monoisotopic (exact) mass is 434 g/mol. The SMILES string of the molecule is c1ccc(-c2cc3ccccc3cn2)cc1.c1ccc2c(c1)cnc1c3ccccc3ccc21. The molecule has 0 aliphatic heterocycles. The van der Waals surface area contributed by atoms with E-state index in [2.05, 4.69) is 107 Å². The molecular weight excluding hydrogens is 412 g/mol. The number of aromatic nitrogens is 2. The van der Waals surface area contributed by atoms with Gasteiger partial charge in [-0.3, -0.25) is 9.97 Å². The fourth-order valence-corrected chi connectivity index (χ4v) is 4.45. The van der Waals surface area contributed by atoms with Crippen molar-refractivity contribution >= 4 is 43.2 Å². The number of pyridine rings is 2. The summed E-state index contributed by atoms with van der Waals surface area (Å²) in [5, 5.41) is 8.58. The average molecular weight is 435 g/mol. The molecule has 0 saturated heterocycles. The van der Waals surface area contributed by atoms with Crippen LogP contribution in [0.25, 0.3) is 54.5 Å². The Hall–Kier alpha value is -4.56. The van der Waals surface area contributed by atoms with Crippen LogP contribution in [0.1, 0.15) is 0 Å². The summed E-state index contributed by atoms with van der Waals surface area (Å²) in [5.41, 5.74) is 3.28. The van der Waals surface area contributed by atoms with Crippen LogP contribution in [0.2, 0.25) is 0 Å². The summed E-state index contributed by atoms with van der Waals surface area (Å²) in [4.78, 5) is 9.11. The molecule has 0 saturated carbocycles. The van der Waals surface area contributed by atoms with Crippen molar-refractivity contribution in [3.63, 3.8) is 0 Å². The van der Waals surface area contributed by atoms with Gasteiger partial charge in [-0.2, -0.15) is 0 Å². The first-order valence-electron chi connectivity index (χ1n) is 11.4. The van der Waals surface area contributed by atoms with Crippen LogP contribution in [0.15, 0.2) is 134 Å². The van der Waals surface area contributed by atoms with Gasteiger partial charge in [0.05, 0.1) is 11.2 Å². The van der Waals surface area contributed by atoms with Crippen molar-refractivity contribution in [2.45, 2.75) is 0 Å². The Balaban J connectivity index is 0.000000129. The largest absolute Gasteiger partial charge is 0.256 e. The van der Waals surface area contributed by atoms with Crippen LogP contribution >= 0.6 is 0 Å². The van der Waals surface area contributed by atoms with Gasteiger partial charge < -0.3 is 0 Å². The second-order valence-corrected chi connectivity index (χ2v) is 8.31. The van der Waals surface area contributed by atoms with E-state index in [4.69, 9.17) is 0 Å². The van der Waals surface area contributed by atoms with E-state index in [1.807, 2.05) is 36.7 Å². The molecule has 0 aliphatic carbocycles. The zero-order valence-electron chi connectivity index (χ0n) is 18.6. The smallest absolute Gasteiger partial charge is 0.0786 e. The lowest BCUT2D eigenvalue weighted by Gasteiger charge is -2.06. The summed E-state index contributed by atoms with van der Waals surface area (Å²) in [5.74, 6) is 0. The molecule has 0 amide bonds. The fraction of sp³-hybridized carbons (Fsp3) is 0. The highest BCUT2D eigenvalue weighted by Gasteiger charge is 2.04. The van der Waals surface area contributed by atoms with Crippen molar-refractivity contribution in [1.82, 2.24) is 9.97 Å². The number of benzene rings is 5. The maximum atomic E-state index is 4.64. The van der Waals surface area contributed by atoms with Gasteiger partial charge in [-0.1, -0.05) is 115 Å². The lowest BCUT2D eigenvalue weighted by atomic mass is 10.0. The van der Waals surface area contributed by atoms with Crippen molar-refractivity contribution in [1.29, 1.82) is 0 Å². The Morgan fingerprint density at radius 2 is 1.00 bits per heavy atom. The van der Waals surface area contributed by atoms with E-state index in [0.717, 1.165) is 16.8 Å². The van der Waals surface area contributed by atoms with Gasteiger partial charge >= 0.3 is 0 Å². The molecule has 0 radical (unpaired) electrons. The van der Waals surface area contributed by atoms with Gasteiger partial charge in [0.15, 0.2) is 0 Å². The quantitative estimate of drug-likeness (QED) is 0.242. The topological polar surface area (TPSA) is 25.8 Å².